The van der Waals surface area contributed by atoms with E-state index in [1.165, 1.54) is 5.56 Å². The molecule has 1 N–H and O–H groups in total. The molecular formula is C24H31NO5. The summed E-state index contributed by atoms with van der Waals surface area (Å²) in [5, 5.41) is 2.76. The molecule has 0 unspecified atom stereocenters. The molecule has 6 nitrogen and oxygen atoms in total. The number of rotatable bonds is 11. The smallest absolute Gasteiger partial charge is 0.339 e. The summed E-state index contributed by atoms with van der Waals surface area (Å²) in [6.45, 7) is 8.58. The highest BCUT2D eigenvalue weighted by atomic mass is 16.5. The van der Waals surface area contributed by atoms with Gasteiger partial charge in [-0.3, -0.25) is 4.79 Å². The van der Waals surface area contributed by atoms with Crippen LogP contribution in [0.3, 0.4) is 0 Å². The Bertz CT molecular complexity index is 832. The van der Waals surface area contributed by atoms with Crippen LogP contribution in [-0.4, -0.2) is 31.2 Å². The molecule has 1 amide bonds. The molecule has 6 heteroatoms. The van der Waals surface area contributed by atoms with E-state index in [4.69, 9.17) is 14.2 Å². The topological polar surface area (TPSA) is 73.9 Å². The van der Waals surface area contributed by atoms with Gasteiger partial charge in [-0.15, -0.1) is 0 Å². The zero-order chi connectivity index (χ0) is 21.9. The van der Waals surface area contributed by atoms with Gasteiger partial charge >= 0.3 is 5.97 Å². The van der Waals surface area contributed by atoms with Crippen LogP contribution in [0, 0.1) is 0 Å². The van der Waals surface area contributed by atoms with Crippen LogP contribution in [0.2, 0.25) is 0 Å². The highest BCUT2D eigenvalue weighted by molar-refractivity contribution is 5.97. The molecule has 0 fully saturated rings. The van der Waals surface area contributed by atoms with Crippen molar-refractivity contribution in [2.24, 2.45) is 0 Å². The van der Waals surface area contributed by atoms with E-state index in [2.05, 4.69) is 19.2 Å². The SMILES string of the molecule is CCCCOc1ccc(C(=O)O[C@@H](C)C(=O)Nc2ccc(CC)cc2)cc1OCC. The van der Waals surface area contributed by atoms with Crippen molar-refractivity contribution in [3.05, 3.63) is 53.6 Å². The average molecular weight is 414 g/mol. The van der Waals surface area contributed by atoms with Gasteiger partial charge in [-0.25, -0.2) is 4.79 Å². The second-order valence-corrected chi connectivity index (χ2v) is 6.88. The van der Waals surface area contributed by atoms with Crippen LogP contribution >= 0.6 is 0 Å². The van der Waals surface area contributed by atoms with Gasteiger partial charge in [0.15, 0.2) is 17.6 Å². The molecule has 30 heavy (non-hydrogen) atoms. The van der Waals surface area contributed by atoms with E-state index in [9.17, 15) is 9.59 Å². The van der Waals surface area contributed by atoms with Crippen molar-refractivity contribution >= 4 is 17.6 Å². The number of carbonyl (C=O) groups is 2. The Hall–Kier alpha value is -3.02. The molecule has 2 aromatic carbocycles. The largest absolute Gasteiger partial charge is 0.490 e. The van der Waals surface area contributed by atoms with Crippen molar-refractivity contribution in [1.29, 1.82) is 0 Å². The highest BCUT2D eigenvalue weighted by Gasteiger charge is 2.20. The molecule has 0 saturated carbocycles. The lowest BCUT2D eigenvalue weighted by Crippen LogP contribution is -2.30. The zero-order valence-electron chi connectivity index (χ0n) is 18.2. The number of hydrogen-bond donors (Lipinski definition) is 1. The van der Waals surface area contributed by atoms with E-state index in [1.54, 1.807) is 25.1 Å². The van der Waals surface area contributed by atoms with Gasteiger partial charge in [0.2, 0.25) is 0 Å². The first-order valence-corrected chi connectivity index (χ1v) is 10.5. The number of esters is 1. The van der Waals surface area contributed by atoms with Crippen LogP contribution in [0.15, 0.2) is 42.5 Å². The molecule has 0 aliphatic heterocycles. The molecule has 0 aromatic heterocycles. The van der Waals surface area contributed by atoms with Gasteiger partial charge in [0.05, 0.1) is 18.8 Å². The Kier molecular flexibility index (Phi) is 9.19. The fourth-order valence-electron chi connectivity index (χ4n) is 2.70. The summed E-state index contributed by atoms with van der Waals surface area (Å²) in [6, 6.07) is 12.4. The first kappa shape index (κ1) is 23.3. The van der Waals surface area contributed by atoms with E-state index >= 15 is 0 Å². The summed E-state index contributed by atoms with van der Waals surface area (Å²) in [7, 11) is 0. The van der Waals surface area contributed by atoms with E-state index in [0.29, 0.717) is 36.0 Å². The number of hydrogen-bond acceptors (Lipinski definition) is 5. The summed E-state index contributed by atoms with van der Waals surface area (Å²) < 4.78 is 16.7. The maximum absolute atomic E-state index is 12.5. The molecule has 0 aliphatic rings. The van der Waals surface area contributed by atoms with Gasteiger partial charge in [0.25, 0.3) is 5.91 Å². The Morgan fingerprint density at radius 2 is 1.70 bits per heavy atom. The number of amides is 1. The predicted octanol–water partition coefficient (Wildman–Crippen LogP) is 5.01. The van der Waals surface area contributed by atoms with Gasteiger partial charge in [-0.1, -0.05) is 32.4 Å². The molecular weight excluding hydrogens is 382 g/mol. The first-order chi connectivity index (χ1) is 14.5. The lowest BCUT2D eigenvalue weighted by atomic mass is 10.1. The van der Waals surface area contributed by atoms with Crippen LogP contribution in [0.5, 0.6) is 11.5 Å². The number of carbonyl (C=O) groups excluding carboxylic acids is 2. The van der Waals surface area contributed by atoms with Crippen molar-refractivity contribution in [1.82, 2.24) is 0 Å². The van der Waals surface area contributed by atoms with Crippen molar-refractivity contribution in [3.63, 3.8) is 0 Å². The summed E-state index contributed by atoms with van der Waals surface area (Å²) in [5.74, 6) is 0.0801. The summed E-state index contributed by atoms with van der Waals surface area (Å²) >= 11 is 0. The van der Waals surface area contributed by atoms with Crippen molar-refractivity contribution < 1.29 is 23.8 Å². The Labute approximate surface area is 178 Å². The van der Waals surface area contributed by atoms with Gasteiger partial charge in [-0.2, -0.15) is 0 Å². The molecule has 0 aliphatic carbocycles. The van der Waals surface area contributed by atoms with Crippen LogP contribution in [-0.2, 0) is 16.0 Å². The van der Waals surface area contributed by atoms with E-state index in [0.717, 1.165) is 19.3 Å². The fourth-order valence-corrected chi connectivity index (χ4v) is 2.70. The monoisotopic (exact) mass is 413 g/mol. The highest BCUT2D eigenvalue weighted by Crippen LogP contribution is 2.29. The molecule has 1 atom stereocenters. The van der Waals surface area contributed by atoms with Crippen LogP contribution in [0.25, 0.3) is 0 Å². The zero-order valence-corrected chi connectivity index (χ0v) is 18.2. The number of unbranched alkanes of at least 4 members (excludes halogenated alkanes) is 1. The molecule has 162 valence electrons. The molecule has 0 radical (unpaired) electrons. The fraction of sp³-hybridized carbons (Fsp3) is 0.417. The number of aryl methyl sites for hydroxylation is 1. The number of benzene rings is 2. The van der Waals surface area contributed by atoms with Crippen molar-refractivity contribution in [3.8, 4) is 11.5 Å². The van der Waals surface area contributed by atoms with Gasteiger partial charge < -0.3 is 19.5 Å². The van der Waals surface area contributed by atoms with Crippen LogP contribution in [0.1, 0.15) is 56.5 Å². The first-order valence-electron chi connectivity index (χ1n) is 10.5. The third kappa shape index (κ3) is 6.79. The Morgan fingerprint density at radius 1 is 0.967 bits per heavy atom. The summed E-state index contributed by atoms with van der Waals surface area (Å²) in [5.41, 5.74) is 2.14. The molecule has 0 spiro atoms. The van der Waals surface area contributed by atoms with Crippen LogP contribution < -0.4 is 14.8 Å². The van der Waals surface area contributed by atoms with Gasteiger partial charge in [-0.05, 0) is 62.6 Å². The van der Waals surface area contributed by atoms with E-state index in [1.807, 2.05) is 31.2 Å². The summed E-state index contributed by atoms with van der Waals surface area (Å²) in [4.78, 5) is 24.9. The maximum Gasteiger partial charge on any atom is 0.339 e. The second-order valence-electron chi connectivity index (χ2n) is 6.88. The van der Waals surface area contributed by atoms with Gasteiger partial charge in [0, 0.05) is 5.69 Å². The quantitative estimate of drug-likeness (QED) is 0.414. The third-order valence-electron chi connectivity index (χ3n) is 4.52. The lowest BCUT2D eigenvalue weighted by molar-refractivity contribution is -0.123. The van der Waals surface area contributed by atoms with Crippen molar-refractivity contribution in [2.45, 2.75) is 53.1 Å². The number of anilines is 1. The van der Waals surface area contributed by atoms with Crippen LogP contribution in [0.4, 0.5) is 5.69 Å². The second kappa shape index (κ2) is 11.9. The van der Waals surface area contributed by atoms with E-state index < -0.39 is 18.0 Å². The normalized spacial score (nSPS) is 11.5. The minimum atomic E-state index is -0.945. The lowest BCUT2D eigenvalue weighted by Gasteiger charge is -2.15. The average Bonchev–Trinajstić information content (AvgIpc) is 2.75. The van der Waals surface area contributed by atoms with Crippen molar-refractivity contribution in [2.75, 3.05) is 18.5 Å². The third-order valence-corrected chi connectivity index (χ3v) is 4.52. The van der Waals surface area contributed by atoms with Gasteiger partial charge in [0.1, 0.15) is 0 Å². The molecule has 2 aromatic rings. The van der Waals surface area contributed by atoms with E-state index in [-0.39, 0.29) is 0 Å². The minimum Gasteiger partial charge on any atom is -0.490 e. The Morgan fingerprint density at radius 3 is 2.33 bits per heavy atom. The molecule has 2 rings (SSSR count). The predicted molar refractivity (Wildman–Crippen MR) is 117 cm³/mol. The minimum absolute atomic E-state index is 0.299. The maximum atomic E-state index is 12.5. The summed E-state index contributed by atoms with van der Waals surface area (Å²) in [6.07, 6.45) is 1.94. The molecule has 0 saturated heterocycles. The molecule has 0 bridgehead atoms. The molecule has 0 heterocycles. The number of ether oxygens (including phenoxy) is 3. The number of nitrogens with one attached hydrogen (secondary N) is 1. The Balaban J connectivity index is 2.00. The standard InChI is InChI=1S/C24H31NO5/c1-5-8-15-29-21-14-11-19(16-22(21)28-7-3)24(27)30-17(4)23(26)25-20-12-9-18(6-2)10-13-20/h9-14,16-17H,5-8,15H2,1-4H3,(H,25,26)/t17-/m0/s1.